The fraction of sp³-hybridized carbons (Fsp3) is 0.316. The summed E-state index contributed by atoms with van der Waals surface area (Å²) >= 11 is 0. The molecule has 0 unspecified atom stereocenters. The number of nitroso groups, excluding NO2 is 1. The number of ether oxygens (including phenoxy) is 1. The number of anilines is 1. The van der Waals surface area contributed by atoms with Gasteiger partial charge < -0.3 is 4.74 Å². The molecule has 9 heteroatoms. The summed E-state index contributed by atoms with van der Waals surface area (Å²) in [6.07, 6.45) is 4.19. The molecule has 1 saturated carbocycles. The molecule has 0 aromatic heterocycles. The van der Waals surface area contributed by atoms with Gasteiger partial charge in [0.2, 0.25) is 10.0 Å². The van der Waals surface area contributed by atoms with Crippen molar-refractivity contribution in [2.24, 2.45) is 5.18 Å². The second kappa shape index (κ2) is 8.94. The predicted octanol–water partition coefficient (Wildman–Crippen LogP) is 4.31. The summed E-state index contributed by atoms with van der Waals surface area (Å²) in [6, 6.07) is 11.6. The van der Waals surface area contributed by atoms with Crippen LogP contribution >= 0.6 is 0 Å². The van der Waals surface area contributed by atoms with Crippen LogP contribution in [-0.2, 0) is 10.0 Å². The highest BCUT2D eigenvalue weighted by Gasteiger charge is 2.21. The smallest absolute Gasteiger partial charge is 0.410 e. The number of nitrogens with zero attached hydrogens (tertiary/aromatic N) is 1. The van der Waals surface area contributed by atoms with Crippen molar-refractivity contribution in [1.82, 2.24) is 4.72 Å². The van der Waals surface area contributed by atoms with Crippen LogP contribution in [0.5, 0.6) is 5.75 Å². The highest BCUT2D eigenvalue weighted by molar-refractivity contribution is 7.89. The highest BCUT2D eigenvalue weighted by atomic mass is 32.2. The van der Waals surface area contributed by atoms with E-state index in [0.717, 1.165) is 32.1 Å². The Balaban J connectivity index is 1.58. The molecule has 8 nitrogen and oxygen atoms in total. The maximum atomic E-state index is 12.5. The quantitative estimate of drug-likeness (QED) is 0.698. The maximum Gasteiger partial charge on any atom is 0.417 e. The molecule has 0 heterocycles. The first-order chi connectivity index (χ1) is 13.5. The molecular weight excluding hydrogens is 382 g/mol. The fourth-order valence-corrected chi connectivity index (χ4v) is 4.36. The minimum absolute atomic E-state index is 0.0210. The lowest BCUT2D eigenvalue weighted by atomic mass is 9.96. The van der Waals surface area contributed by atoms with Gasteiger partial charge in [0.05, 0.1) is 4.90 Å². The van der Waals surface area contributed by atoms with Crippen molar-refractivity contribution in [3.63, 3.8) is 0 Å². The molecule has 1 aliphatic carbocycles. The monoisotopic (exact) mass is 403 g/mol. The van der Waals surface area contributed by atoms with E-state index in [4.69, 9.17) is 4.74 Å². The molecule has 0 saturated heterocycles. The first-order valence-corrected chi connectivity index (χ1v) is 10.5. The summed E-state index contributed by atoms with van der Waals surface area (Å²) in [6.45, 7) is 0. The van der Waals surface area contributed by atoms with Crippen molar-refractivity contribution < 1.29 is 17.9 Å². The molecule has 148 valence electrons. The van der Waals surface area contributed by atoms with Gasteiger partial charge in [-0.25, -0.2) is 17.9 Å². The van der Waals surface area contributed by atoms with Gasteiger partial charge in [0, 0.05) is 11.7 Å². The third kappa shape index (κ3) is 5.37. The molecule has 1 fully saturated rings. The first-order valence-electron chi connectivity index (χ1n) is 9.01. The molecule has 0 atom stereocenters. The predicted molar refractivity (Wildman–Crippen MR) is 105 cm³/mol. The van der Waals surface area contributed by atoms with Gasteiger partial charge in [0.25, 0.3) is 0 Å². The highest BCUT2D eigenvalue weighted by Crippen LogP contribution is 2.21. The minimum Gasteiger partial charge on any atom is -0.410 e. The number of carbonyl (C=O) groups excluding carboxylic acids is 1. The van der Waals surface area contributed by atoms with Gasteiger partial charge in [-0.05, 0) is 66.5 Å². The van der Waals surface area contributed by atoms with E-state index in [9.17, 15) is 18.1 Å². The van der Waals surface area contributed by atoms with Gasteiger partial charge in [-0.3, -0.25) is 5.32 Å². The van der Waals surface area contributed by atoms with Gasteiger partial charge in [-0.15, -0.1) is 4.91 Å². The number of carbonyl (C=O) groups is 1. The third-order valence-electron chi connectivity index (χ3n) is 4.49. The topological polar surface area (TPSA) is 114 Å². The molecule has 2 N–H and O–H groups in total. The normalized spacial score (nSPS) is 15.0. The Morgan fingerprint density at radius 3 is 2.21 bits per heavy atom. The number of hydrogen-bond donors (Lipinski definition) is 2. The van der Waals surface area contributed by atoms with Crippen LogP contribution in [0.25, 0.3) is 0 Å². The number of sulfonamides is 1. The lowest BCUT2D eigenvalue weighted by Gasteiger charge is -2.22. The van der Waals surface area contributed by atoms with E-state index < -0.39 is 16.1 Å². The van der Waals surface area contributed by atoms with Crippen LogP contribution in [-0.4, -0.2) is 20.6 Å². The first kappa shape index (κ1) is 20.0. The Morgan fingerprint density at radius 1 is 0.964 bits per heavy atom. The van der Waals surface area contributed by atoms with Crippen LogP contribution in [0.2, 0.25) is 0 Å². The van der Waals surface area contributed by atoms with E-state index >= 15 is 0 Å². The third-order valence-corrected chi connectivity index (χ3v) is 6.03. The van der Waals surface area contributed by atoms with Crippen molar-refractivity contribution in [3.05, 3.63) is 53.4 Å². The van der Waals surface area contributed by atoms with Crippen LogP contribution in [0.1, 0.15) is 32.1 Å². The Bertz CT molecular complexity index is 921. The number of benzene rings is 2. The zero-order chi connectivity index (χ0) is 20.0. The molecule has 0 bridgehead atoms. The van der Waals surface area contributed by atoms with E-state index in [0.29, 0.717) is 5.69 Å². The molecule has 1 amide bonds. The lowest BCUT2D eigenvalue weighted by molar-refractivity contribution is 0.215. The number of rotatable bonds is 6. The molecule has 0 radical (unpaired) electrons. The van der Waals surface area contributed by atoms with Gasteiger partial charge >= 0.3 is 6.09 Å². The zero-order valence-electron chi connectivity index (χ0n) is 15.1. The van der Waals surface area contributed by atoms with Crippen molar-refractivity contribution >= 4 is 27.5 Å². The molecule has 0 aliphatic heterocycles. The number of amides is 1. The van der Waals surface area contributed by atoms with Gasteiger partial charge in [-0.1, -0.05) is 19.3 Å². The summed E-state index contributed by atoms with van der Waals surface area (Å²) < 4.78 is 32.8. The fourth-order valence-electron chi connectivity index (χ4n) is 3.05. The second-order valence-electron chi connectivity index (χ2n) is 6.58. The minimum atomic E-state index is -3.59. The van der Waals surface area contributed by atoms with Crippen molar-refractivity contribution in [3.8, 4) is 5.75 Å². The Labute approximate surface area is 163 Å². The summed E-state index contributed by atoms with van der Waals surface area (Å²) in [7, 11) is -3.59. The van der Waals surface area contributed by atoms with Crippen LogP contribution in [0.4, 0.5) is 16.2 Å². The maximum absolute atomic E-state index is 12.5. The molecule has 1 aliphatic rings. The van der Waals surface area contributed by atoms with E-state index in [1.54, 1.807) is 0 Å². The molecule has 28 heavy (non-hydrogen) atoms. The average Bonchev–Trinajstić information content (AvgIpc) is 2.69. The van der Waals surface area contributed by atoms with E-state index in [-0.39, 0.29) is 22.4 Å². The van der Waals surface area contributed by atoms with Gasteiger partial charge in [-0.2, -0.15) is 0 Å². The van der Waals surface area contributed by atoms with Crippen molar-refractivity contribution in [2.45, 2.75) is 43.0 Å². The summed E-state index contributed by atoms with van der Waals surface area (Å²) in [4.78, 5) is 22.5. The molecule has 2 aromatic carbocycles. The average molecular weight is 403 g/mol. The zero-order valence-corrected chi connectivity index (χ0v) is 15.9. The standard InChI is InChI=1S/C19H21N3O5S/c23-19(27-17-10-6-15(21-24)7-11-17)20-14-8-12-18(13-9-14)28(25,26)22-16-4-2-1-3-5-16/h6-13,16,22H,1-5H2,(H,20,23). The van der Waals surface area contributed by atoms with Crippen LogP contribution < -0.4 is 14.8 Å². The Kier molecular flexibility index (Phi) is 6.37. The summed E-state index contributed by atoms with van der Waals surface area (Å²) in [5.74, 6) is 0.251. The molecule has 2 aromatic rings. The number of nitrogens with one attached hydrogen (secondary N) is 2. The largest absolute Gasteiger partial charge is 0.417 e. The van der Waals surface area contributed by atoms with Gasteiger partial charge in [0.1, 0.15) is 11.4 Å². The SMILES string of the molecule is O=Nc1ccc(OC(=O)Nc2ccc(S(=O)(=O)NC3CCCCC3)cc2)cc1. The van der Waals surface area contributed by atoms with Crippen LogP contribution in [0, 0.1) is 4.91 Å². The summed E-state index contributed by atoms with van der Waals surface area (Å²) in [5.41, 5.74) is 0.624. The molecular formula is C19H21N3O5S. The lowest BCUT2D eigenvalue weighted by Crippen LogP contribution is -2.36. The summed E-state index contributed by atoms with van der Waals surface area (Å²) in [5, 5.41) is 5.28. The van der Waals surface area contributed by atoms with Crippen molar-refractivity contribution in [2.75, 3.05) is 5.32 Å². The van der Waals surface area contributed by atoms with E-state index in [1.807, 2.05) is 0 Å². The van der Waals surface area contributed by atoms with Crippen LogP contribution in [0.3, 0.4) is 0 Å². The Morgan fingerprint density at radius 2 is 1.61 bits per heavy atom. The second-order valence-corrected chi connectivity index (χ2v) is 8.29. The Hall–Kier alpha value is -2.78. The van der Waals surface area contributed by atoms with E-state index in [2.05, 4.69) is 15.2 Å². The van der Waals surface area contributed by atoms with Crippen molar-refractivity contribution in [1.29, 1.82) is 0 Å². The molecule has 0 spiro atoms. The molecule has 3 rings (SSSR count). The number of hydrogen-bond acceptors (Lipinski definition) is 6. The van der Waals surface area contributed by atoms with Gasteiger partial charge in [0.15, 0.2) is 0 Å². The van der Waals surface area contributed by atoms with Crippen LogP contribution in [0.15, 0.2) is 58.6 Å². The van der Waals surface area contributed by atoms with E-state index in [1.165, 1.54) is 48.5 Å².